The van der Waals surface area contributed by atoms with E-state index in [0.717, 1.165) is 16.4 Å². The van der Waals surface area contributed by atoms with Gasteiger partial charge in [0.15, 0.2) is 5.17 Å². The van der Waals surface area contributed by atoms with E-state index >= 15 is 0 Å². The minimum absolute atomic E-state index is 0.00325. The van der Waals surface area contributed by atoms with Crippen molar-refractivity contribution < 1.29 is 4.79 Å². The fraction of sp³-hybridized carbons (Fsp3) is 0.167. The Morgan fingerprint density at radius 1 is 1.13 bits per heavy atom. The zero-order valence-corrected chi connectivity index (χ0v) is 13.8. The quantitative estimate of drug-likeness (QED) is 0.799. The van der Waals surface area contributed by atoms with Crippen molar-refractivity contribution in [2.24, 2.45) is 4.99 Å². The minimum atomic E-state index is -0.00325. The molecule has 0 aliphatic carbocycles. The van der Waals surface area contributed by atoms with Crippen LogP contribution in [-0.2, 0) is 4.79 Å². The molecule has 0 unspecified atom stereocenters. The number of benzene rings is 1. The molecule has 0 N–H and O–H groups in total. The molecular formula is C18H17N3OS. The third-order valence-electron chi connectivity index (χ3n) is 3.34. The molecule has 5 heteroatoms. The summed E-state index contributed by atoms with van der Waals surface area (Å²) < 4.78 is 0. The molecule has 1 aliphatic heterocycles. The molecule has 0 atom stereocenters. The number of hydrogen-bond donors (Lipinski definition) is 0. The molecule has 1 aromatic carbocycles. The average molecular weight is 323 g/mol. The standard InChI is InChI=1S/C18H17N3OS/c1-13(2)21-17(22)16(12-14-8-10-19-11-9-14)23-18(21)20-15-6-4-3-5-7-15/h3-13H,1-2H3/b16-12-,20-18?. The first kappa shape index (κ1) is 15.5. The van der Waals surface area contributed by atoms with Crippen molar-refractivity contribution in [1.29, 1.82) is 0 Å². The maximum absolute atomic E-state index is 12.7. The van der Waals surface area contributed by atoms with Gasteiger partial charge in [0.1, 0.15) is 0 Å². The molecule has 0 saturated carbocycles. The van der Waals surface area contributed by atoms with Crippen LogP contribution in [0.15, 0.2) is 64.8 Å². The zero-order chi connectivity index (χ0) is 16.2. The van der Waals surface area contributed by atoms with E-state index in [9.17, 15) is 4.79 Å². The van der Waals surface area contributed by atoms with Gasteiger partial charge in [-0.25, -0.2) is 4.99 Å². The van der Waals surface area contributed by atoms with E-state index in [2.05, 4.69) is 9.98 Å². The summed E-state index contributed by atoms with van der Waals surface area (Å²) in [5.74, 6) is -0.00325. The van der Waals surface area contributed by atoms with Crippen molar-refractivity contribution in [2.45, 2.75) is 19.9 Å². The van der Waals surface area contributed by atoms with Crippen LogP contribution in [0.1, 0.15) is 19.4 Å². The molecule has 1 amide bonds. The van der Waals surface area contributed by atoms with Crippen molar-refractivity contribution in [3.63, 3.8) is 0 Å². The SMILES string of the molecule is CC(C)N1C(=O)/C(=C/c2ccncc2)SC1=Nc1ccccc1. The lowest BCUT2D eigenvalue weighted by Crippen LogP contribution is -2.35. The highest BCUT2D eigenvalue weighted by Crippen LogP contribution is 2.35. The van der Waals surface area contributed by atoms with E-state index in [0.29, 0.717) is 4.91 Å². The van der Waals surface area contributed by atoms with Crippen LogP contribution in [0.3, 0.4) is 0 Å². The first-order chi connectivity index (χ1) is 11.1. The molecule has 0 radical (unpaired) electrons. The molecule has 2 heterocycles. The van der Waals surface area contributed by atoms with Crippen molar-refractivity contribution >= 4 is 34.6 Å². The third-order valence-corrected chi connectivity index (χ3v) is 4.32. The number of nitrogens with zero attached hydrogens (tertiary/aromatic N) is 3. The summed E-state index contributed by atoms with van der Waals surface area (Å²) in [4.78, 5) is 23.7. The van der Waals surface area contributed by atoms with Gasteiger partial charge in [0.05, 0.1) is 10.6 Å². The highest BCUT2D eigenvalue weighted by Gasteiger charge is 2.35. The molecule has 0 bridgehead atoms. The smallest absolute Gasteiger partial charge is 0.266 e. The Morgan fingerprint density at radius 2 is 1.83 bits per heavy atom. The molecule has 1 fully saturated rings. The predicted octanol–water partition coefficient (Wildman–Crippen LogP) is 4.09. The lowest BCUT2D eigenvalue weighted by molar-refractivity contribution is -0.123. The maximum atomic E-state index is 12.7. The molecule has 4 nitrogen and oxygen atoms in total. The topological polar surface area (TPSA) is 45.6 Å². The van der Waals surface area contributed by atoms with Crippen molar-refractivity contribution in [2.75, 3.05) is 0 Å². The normalized spacial score (nSPS) is 18.4. The molecule has 116 valence electrons. The van der Waals surface area contributed by atoms with Gasteiger partial charge in [-0.1, -0.05) is 18.2 Å². The summed E-state index contributed by atoms with van der Waals surface area (Å²) in [5, 5.41) is 0.719. The van der Waals surface area contributed by atoms with Crippen molar-refractivity contribution in [1.82, 2.24) is 9.88 Å². The number of aromatic nitrogens is 1. The van der Waals surface area contributed by atoms with Crippen molar-refractivity contribution in [3.05, 3.63) is 65.3 Å². The van der Waals surface area contributed by atoms with E-state index in [1.165, 1.54) is 11.8 Å². The Balaban J connectivity index is 1.96. The van der Waals surface area contributed by atoms with Crippen LogP contribution in [0, 0.1) is 0 Å². The van der Waals surface area contributed by atoms with Crippen LogP contribution < -0.4 is 0 Å². The number of amidine groups is 1. The second-order valence-corrected chi connectivity index (χ2v) is 6.40. The Bertz CT molecular complexity index is 754. The molecule has 1 saturated heterocycles. The van der Waals surface area contributed by atoms with E-state index in [1.807, 2.05) is 62.4 Å². The summed E-state index contributed by atoms with van der Waals surface area (Å²) in [6, 6.07) is 13.5. The van der Waals surface area contributed by atoms with Gasteiger partial charge < -0.3 is 0 Å². The second kappa shape index (κ2) is 6.79. The van der Waals surface area contributed by atoms with Gasteiger partial charge in [0.25, 0.3) is 5.91 Å². The number of amides is 1. The highest BCUT2D eigenvalue weighted by molar-refractivity contribution is 8.18. The van der Waals surface area contributed by atoms with E-state index in [-0.39, 0.29) is 11.9 Å². The van der Waals surface area contributed by atoms with Crippen LogP contribution in [0.2, 0.25) is 0 Å². The summed E-state index contributed by atoms with van der Waals surface area (Å²) >= 11 is 1.41. The lowest BCUT2D eigenvalue weighted by atomic mass is 10.2. The number of pyridine rings is 1. The summed E-state index contributed by atoms with van der Waals surface area (Å²) in [6.45, 7) is 3.99. The van der Waals surface area contributed by atoms with Crippen LogP contribution in [-0.4, -0.2) is 27.0 Å². The summed E-state index contributed by atoms with van der Waals surface area (Å²) in [5.41, 5.74) is 1.80. The largest absolute Gasteiger partial charge is 0.284 e. The average Bonchev–Trinajstić information content (AvgIpc) is 2.85. The maximum Gasteiger partial charge on any atom is 0.266 e. The summed E-state index contributed by atoms with van der Waals surface area (Å²) in [6.07, 6.45) is 5.32. The summed E-state index contributed by atoms with van der Waals surface area (Å²) in [7, 11) is 0. The minimum Gasteiger partial charge on any atom is -0.284 e. The number of thioether (sulfide) groups is 1. The number of carbonyl (C=O) groups excluding carboxylic acids is 1. The number of hydrogen-bond acceptors (Lipinski definition) is 4. The van der Waals surface area contributed by atoms with Gasteiger partial charge in [0, 0.05) is 18.4 Å². The fourth-order valence-electron chi connectivity index (χ4n) is 2.24. The van der Waals surface area contributed by atoms with E-state index in [4.69, 9.17) is 0 Å². The third kappa shape index (κ3) is 3.51. The van der Waals surface area contributed by atoms with Gasteiger partial charge in [-0.05, 0) is 61.5 Å². The van der Waals surface area contributed by atoms with Gasteiger partial charge in [-0.15, -0.1) is 0 Å². The van der Waals surface area contributed by atoms with Gasteiger partial charge >= 0.3 is 0 Å². The van der Waals surface area contributed by atoms with Crippen LogP contribution in [0.25, 0.3) is 6.08 Å². The Hall–Kier alpha value is -2.40. The van der Waals surface area contributed by atoms with E-state index in [1.54, 1.807) is 17.3 Å². The molecule has 3 rings (SSSR count). The number of aliphatic imine (C=N–C) groups is 1. The number of rotatable bonds is 3. The van der Waals surface area contributed by atoms with Crippen LogP contribution >= 0.6 is 11.8 Å². The first-order valence-electron chi connectivity index (χ1n) is 7.42. The van der Waals surface area contributed by atoms with Gasteiger partial charge in [-0.2, -0.15) is 0 Å². The predicted molar refractivity (Wildman–Crippen MR) is 95.3 cm³/mol. The second-order valence-electron chi connectivity index (χ2n) is 5.39. The highest BCUT2D eigenvalue weighted by atomic mass is 32.2. The van der Waals surface area contributed by atoms with Crippen LogP contribution in [0.5, 0.6) is 0 Å². The molecule has 0 spiro atoms. The van der Waals surface area contributed by atoms with Gasteiger partial charge in [0.2, 0.25) is 0 Å². The molecular weight excluding hydrogens is 306 g/mol. The van der Waals surface area contributed by atoms with Crippen LogP contribution in [0.4, 0.5) is 5.69 Å². The molecule has 23 heavy (non-hydrogen) atoms. The lowest BCUT2D eigenvalue weighted by Gasteiger charge is -2.19. The van der Waals surface area contributed by atoms with Crippen molar-refractivity contribution in [3.8, 4) is 0 Å². The van der Waals surface area contributed by atoms with Gasteiger partial charge in [-0.3, -0.25) is 14.7 Å². The Kier molecular flexibility index (Phi) is 4.57. The Morgan fingerprint density at radius 3 is 2.48 bits per heavy atom. The molecule has 1 aliphatic rings. The zero-order valence-electron chi connectivity index (χ0n) is 13.0. The fourth-order valence-corrected chi connectivity index (χ4v) is 3.36. The number of carbonyl (C=O) groups is 1. The monoisotopic (exact) mass is 323 g/mol. The molecule has 1 aromatic heterocycles. The molecule has 2 aromatic rings. The number of para-hydroxylation sites is 1. The first-order valence-corrected chi connectivity index (χ1v) is 8.23. The Labute approximate surface area is 140 Å². The van der Waals surface area contributed by atoms with E-state index < -0.39 is 0 Å².